The highest BCUT2D eigenvalue weighted by molar-refractivity contribution is 5.44. The van der Waals surface area contributed by atoms with Gasteiger partial charge in [-0.05, 0) is 13.8 Å². The Kier molecular flexibility index (Phi) is 2.95. The fraction of sp³-hybridized carbons (Fsp3) is 0.364. The molecule has 0 aliphatic carbocycles. The zero-order valence-corrected chi connectivity index (χ0v) is 10.2. The lowest BCUT2D eigenvalue weighted by atomic mass is 10.2. The van der Waals surface area contributed by atoms with Crippen LogP contribution in [0, 0.1) is 13.8 Å². The van der Waals surface area contributed by atoms with E-state index in [4.69, 9.17) is 5.73 Å². The number of aryl methyl sites for hydroxylation is 2. The number of aromatic nitrogens is 4. The highest BCUT2D eigenvalue weighted by Gasteiger charge is 2.08. The van der Waals surface area contributed by atoms with Gasteiger partial charge in [-0.25, -0.2) is 9.97 Å². The van der Waals surface area contributed by atoms with Crippen LogP contribution in [0.5, 0.6) is 0 Å². The van der Waals surface area contributed by atoms with E-state index in [0.717, 1.165) is 17.2 Å². The second kappa shape index (κ2) is 4.40. The summed E-state index contributed by atoms with van der Waals surface area (Å²) in [5.41, 5.74) is 8.95. The van der Waals surface area contributed by atoms with Gasteiger partial charge in [0.25, 0.3) is 0 Å². The van der Waals surface area contributed by atoms with Crippen LogP contribution in [0.2, 0.25) is 0 Å². The Morgan fingerprint density at radius 1 is 1.35 bits per heavy atom. The summed E-state index contributed by atoms with van der Waals surface area (Å²) in [4.78, 5) is 7.94. The maximum absolute atomic E-state index is 5.58. The van der Waals surface area contributed by atoms with E-state index in [1.807, 2.05) is 25.6 Å². The quantitative estimate of drug-likeness (QED) is 0.825. The highest BCUT2D eigenvalue weighted by Crippen LogP contribution is 2.14. The summed E-state index contributed by atoms with van der Waals surface area (Å²) in [5.74, 6) is 1.18. The van der Waals surface area contributed by atoms with Crippen molar-refractivity contribution in [2.45, 2.75) is 20.4 Å². The van der Waals surface area contributed by atoms with Crippen LogP contribution in [0.1, 0.15) is 17.0 Å². The number of anilines is 2. The van der Waals surface area contributed by atoms with Crippen LogP contribution in [-0.2, 0) is 13.6 Å². The fourth-order valence-corrected chi connectivity index (χ4v) is 1.72. The molecule has 0 atom stereocenters. The molecule has 3 N–H and O–H groups in total. The second-order valence-corrected chi connectivity index (χ2v) is 3.95. The van der Waals surface area contributed by atoms with Crippen molar-refractivity contribution in [2.75, 3.05) is 11.1 Å². The maximum Gasteiger partial charge on any atom is 0.131 e. The molecule has 0 unspecified atom stereocenters. The Labute approximate surface area is 99.9 Å². The van der Waals surface area contributed by atoms with E-state index in [9.17, 15) is 0 Å². The zero-order valence-electron chi connectivity index (χ0n) is 10.2. The Morgan fingerprint density at radius 2 is 2.12 bits per heavy atom. The average molecular weight is 232 g/mol. The Bertz CT molecular complexity index is 531. The van der Waals surface area contributed by atoms with Crippen molar-refractivity contribution in [3.63, 3.8) is 0 Å². The normalized spacial score (nSPS) is 10.5. The van der Waals surface area contributed by atoms with Gasteiger partial charge in [-0.1, -0.05) is 0 Å². The lowest BCUT2D eigenvalue weighted by molar-refractivity contribution is 0.730. The molecule has 0 aliphatic heterocycles. The Hall–Kier alpha value is -2.11. The molecule has 2 rings (SSSR count). The van der Waals surface area contributed by atoms with Gasteiger partial charge in [-0.3, -0.25) is 4.68 Å². The molecule has 17 heavy (non-hydrogen) atoms. The smallest absolute Gasteiger partial charge is 0.131 e. The van der Waals surface area contributed by atoms with Crippen molar-refractivity contribution in [3.8, 4) is 0 Å². The van der Waals surface area contributed by atoms with E-state index in [-0.39, 0.29) is 0 Å². The number of nitrogen functional groups attached to an aromatic ring is 1. The zero-order chi connectivity index (χ0) is 12.4. The molecular weight excluding hydrogens is 216 g/mol. The standard InChI is InChI=1S/C11H16N6/c1-7-9(8(2)17(3)16-7)5-13-11-4-10(12)14-6-15-11/h4,6H,5H2,1-3H3,(H3,12,13,14,15). The Balaban J connectivity index is 2.12. The van der Waals surface area contributed by atoms with E-state index < -0.39 is 0 Å². The van der Waals surface area contributed by atoms with Gasteiger partial charge in [0.05, 0.1) is 5.69 Å². The molecule has 6 heteroatoms. The number of nitrogens with two attached hydrogens (primary N) is 1. The average Bonchev–Trinajstić information content (AvgIpc) is 2.51. The molecule has 2 heterocycles. The molecule has 90 valence electrons. The molecule has 0 saturated heterocycles. The van der Waals surface area contributed by atoms with E-state index in [1.165, 1.54) is 11.9 Å². The van der Waals surface area contributed by atoms with Crippen molar-refractivity contribution >= 4 is 11.6 Å². The monoisotopic (exact) mass is 232 g/mol. The first-order valence-corrected chi connectivity index (χ1v) is 5.38. The van der Waals surface area contributed by atoms with Crippen molar-refractivity contribution in [3.05, 3.63) is 29.3 Å². The van der Waals surface area contributed by atoms with Gasteiger partial charge in [0.1, 0.15) is 18.0 Å². The van der Waals surface area contributed by atoms with Crippen molar-refractivity contribution in [1.82, 2.24) is 19.7 Å². The summed E-state index contributed by atoms with van der Waals surface area (Å²) < 4.78 is 1.88. The summed E-state index contributed by atoms with van der Waals surface area (Å²) in [7, 11) is 1.94. The molecule has 0 aromatic carbocycles. The molecule has 0 spiro atoms. The first-order valence-electron chi connectivity index (χ1n) is 5.38. The molecule has 0 bridgehead atoms. The number of rotatable bonds is 3. The van der Waals surface area contributed by atoms with E-state index in [2.05, 4.69) is 20.4 Å². The van der Waals surface area contributed by atoms with E-state index >= 15 is 0 Å². The second-order valence-electron chi connectivity index (χ2n) is 3.95. The molecule has 0 radical (unpaired) electrons. The van der Waals surface area contributed by atoms with Crippen LogP contribution >= 0.6 is 0 Å². The van der Waals surface area contributed by atoms with Crippen LogP contribution in [0.4, 0.5) is 11.6 Å². The predicted molar refractivity (Wildman–Crippen MR) is 66.5 cm³/mol. The molecule has 0 aliphatic rings. The van der Waals surface area contributed by atoms with E-state index in [0.29, 0.717) is 12.4 Å². The molecule has 2 aromatic heterocycles. The minimum absolute atomic E-state index is 0.460. The van der Waals surface area contributed by atoms with Gasteiger partial charge >= 0.3 is 0 Å². The molecular formula is C11H16N6. The van der Waals surface area contributed by atoms with Gasteiger partial charge in [0.15, 0.2) is 0 Å². The maximum atomic E-state index is 5.58. The first-order chi connectivity index (χ1) is 8.08. The molecule has 2 aromatic rings. The van der Waals surface area contributed by atoms with Gasteiger partial charge in [-0.15, -0.1) is 0 Å². The molecule has 0 fully saturated rings. The summed E-state index contributed by atoms with van der Waals surface area (Å²) in [6, 6.07) is 1.71. The van der Waals surface area contributed by atoms with Gasteiger partial charge in [0, 0.05) is 30.9 Å². The van der Waals surface area contributed by atoms with Crippen LogP contribution in [0.15, 0.2) is 12.4 Å². The van der Waals surface area contributed by atoms with Crippen LogP contribution < -0.4 is 11.1 Å². The van der Waals surface area contributed by atoms with E-state index in [1.54, 1.807) is 6.07 Å². The third kappa shape index (κ3) is 2.35. The Morgan fingerprint density at radius 3 is 2.71 bits per heavy atom. The minimum Gasteiger partial charge on any atom is -0.384 e. The summed E-state index contributed by atoms with van der Waals surface area (Å²) in [5, 5.41) is 7.57. The van der Waals surface area contributed by atoms with Crippen LogP contribution in [0.3, 0.4) is 0 Å². The molecule has 0 amide bonds. The van der Waals surface area contributed by atoms with Crippen molar-refractivity contribution in [1.29, 1.82) is 0 Å². The summed E-state index contributed by atoms with van der Waals surface area (Å²) in [6.07, 6.45) is 1.45. The minimum atomic E-state index is 0.460. The largest absolute Gasteiger partial charge is 0.384 e. The first kappa shape index (κ1) is 11.4. The number of nitrogens with one attached hydrogen (secondary N) is 1. The number of hydrogen-bond donors (Lipinski definition) is 2. The number of hydrogen-bond acceptors (Lipinski definition) is 5. The lowest BCUT2D eigenvalue weighted by Crippen LogP contribution is -2.04. The SMILES string of the molecule is Cc1nn(C)c(C)c1CNc1cc(N)ncn1. The van der Waals surface area contributed by atoms with Crippen LogP contribution in [0.25, 0.3) is 0 Å². The van der Waals surface area contributed by atoms with Crippen LogP contribution in [-0.4, -0.2) is 19.7 Å². The summed E-state index contributed by atoms with van der Waals surface area (Å²) >= 11 is 0. The van der Waals surface area contributed by atoms with Crippen molar-refractivity contribution < 1.29 is 0 Å². The van der Waals surface area contributed by atoms with Gasteiger partial charge in [0.2, 0.25) is 0 Å². The van der Waals surface area contributed by atoms with Crippen molar-refractivity contribution in [2.24, 2.45) is 7.05 Å². The van der Waals surface area contributed by atoms with Gasteiger partial charge in [-0.2, -0.15) is 5.10 Å². The summed E-state index contributed by atoms with van der Waals surface area (Å²) in [6.45, 7) is 4.73. The topological polar surface area (TPSA) is 81.7 Å². The fourth-order valence-electron chi connectivity index (χ4n) is 1.72. The lowest BCUT2D eigenvalue weighted by Gasteiger charge is -2.06. The highest BCUT2D eigenvalue weighted by atomic mass is 15.3. The number of nitrogens with zero attached hydrogens (tertiary/aromatic N) is 4. The third-order valence-corrected chi connectivity index (χ3v) is 2.79. The van der Waals surface area contributed by atoms with Gasteiger partial charge < -0.3 is 11.1 Å². The third-order valence-electron chi connectivity index (χ3n) is 2.79. The predicted octanol–water partition coefficient (Wildman–Crippen LogP) is 1.02. The molecule has 0 saturated carbocycles. The molecule has 6 nitrogen and oxygen atoms in total.